The van der Waals surface area contributed by atoms with Crippen molar-refractivity contribution < 1.29 is 4.74 Å². The molecule has 100 valence electrons. The van der Waals surface area contributed by atoms with Crippen molar-refractivity contribution in [1.29, 1.82) is 0 Å². The van der Waals surface area contributed by atoms with E-state index in [1.165, 1.54) is 15.6 Å². The highest BCUT2D eigenvalue weighted by molar-refractivity contribution is 9.10. The Hall–Kier alpha value is -0.123. The summed E-state index contributed by atoms with van der Waals surface area (Å²) in [7, 11) is -0.671. The van der Waals surface area contributed by atoms with Crippen molar-refractivity contribution in [1.82, 2.24) is 0 Å². The van der Waals surface area contributed by atoms with E-state index in [-0.39, 0.29) is 0 Å². The highest BCUT2D eigenvalue weighted by Gasteiger charge is 2.29. The smallest absolute Gasteiger partial charge is 0.0831 e. The van der Waals surface area contributed by atoms with Crippen molar-refractivity contribution >= 4 is 24.7 Å². The average Bonchev–Trinajstić information content (AvgIpc) is 2.71. The molecule has 0 spiro atoms. The van der Waals surface area contributed by atoms with Gasteiger partial charge in [0, 0.05) is 19.9 Å². The molecule has 0 aromatic heterocycles. The summed E-state index contributed by atoms with van der Waals surface area (Å²) in [5.74, 6) is 0. The molecule has 0 saturated heterocycles. The Labute approximate surface area is 121 Å². The maximum absolute atomic E-state index is 6.22. The van der Waals surface area contributed by atoms with Gasteiger partial charge in [-0.1, -0.05) is 55.0 Å². The monoisotopic (exact) mass is 326 g/mol. The maximum atomic E-state index is 6.22. The van der Waals surface area contributed by atoms with Gasteiger partial charge >= 0.3 is 0 Å². The zero-order valence-electron chi connectivity index (χ0n) is 11.8. The van der Waals surface area contributed by atoms with E-state index in [1.807, 2.05) is 0 Å². The summed E-state index contributed by atoms with van der Waals surface area (Å²) in [6.45, 7) is 10.4. The minimum atomic E-state index is -0.671. The molecule has 0 unspecified atom stereocenters. The zero-order valence-corrected chi connectivity index (χ0v) is 14.5. The molecule has 1 aromatic carbocycles. The number of rotatable bonds is 4. The Balaban J connectivity index is 2.05. The molecule has 0 N–H and O–H groups in total. The van der Waals surface area contributed by atoms with Gasteiger partial charge in [-0.2, -0.15) is 0 Å². The number of fused-ring (bicyclic) bond motifs is 1. The van der Waals surface area contributed by atoms with Crippen LogP contribution in [0.1, 0.15) is 37.5 Å². The fourth-order valence-electron chi connectivity index (χ4n) is 2.23. The largest absolute Gasteiger partial charge is 0.373 e. The standard InChI is InChI=1S/C15H23BrOSi/c1-15(2,18(3)4)10-17-14-9-8-11-12(14)6-5-7-13(11)16/h5-7,14,18H,8-10H2,1-4H3/t14-/m0/s1. The van der Waals surface area contributed by atoms with E-state index in [0.717, 1.165) is 19.4 Å². The summed E-state index contributed by atoms with van der Waals surface area (Å²) >= 11 is 3.64. The molecule has 2 rings (SSSR count). The van der Waals surface area contributed by atoms with Crippen molar-refractivity contribution in [2.45, 2.75) is 50.9 Å². The first-order chi connectivity index (χ1) is 8.42. The van der Waals surface area contributed by atoms with Crippen molar-refractivity contribution in [2.75, 3.05) is 6.61 Å². The third-order valence-electron chi connectivity index (χ3n) is 4.38. The number of halogens is 1. The molecule has 0 amide bonds. The molecule has 0 aliphatic heterocycles. The van der Waals surface area contributed by atoms with Crippen LogP contribution in [0.3, 0.4) is 0 Å². The molecule has 1 atom stereocenters. The van der Waals surface area contributed by atoms with Crippen LogP contribution in [0.5, 0.6) is 0 Å². The van der Waals surface area contributed by atoms with E-state index >= 15 is 0 Å². The van der Waals surface area contributed by atoms with Gasteiger partial charge in [0.1, 0.15) is 0 Å². The second-order valence-electron chi connectivity index (χ2n) is 6.29. The molecule has 0 bridgehead atoms. The van der Waals surface area contributed by atoms with Crippen LogP contribution in [0.25, 0.3) is 0 Å². The topological polar surface area (TPSA) is 9.23 Å². The molecule has 1 aliphatic carbocycles. The molecule has 0 heterocycles. The number of ether oxygens (including phenoxy) is 1. The van der Waals surface area contributed by atoms with E-state index in [4.69, 9.17) is 4.74 Å². The van der Waals surface area contributed by atoms with Gasteiger partial charge in [0.15, 0.2) is 0 Å². The molecule has 1 nitrogen and oxygen atoms in total. The first-order valence-electron chi connectivity index (χ1n) is 6.80. The second kappa shape index (κ2) is 5.47. The quantitative estimate of drug-likeness (QED) is 0.727. The fourth-order valence-corrected chi connectivity index (χ4v) is 3.24. The molecule has 1 aliphatic rings. The lowest BCUT2D eigenvalue weighted by Gasteiger charge is -2.29. The van der Waals surface area contributed by atoms with E-state index in [9.17, 15) is 0 Å². The van der Waals surface area contributed by atoms with Gasteiger partial charge in [0.2, 0.25) is 0 Å². The van der Waals surface area contributed by atoms with Gasteiger partial charge in [-0.3, -0.25) is 0 Å². The molecule has 0 radical (unpaired) electrons. The SMILES string of the molecule is C[SiH](C)C(C)(C)CO[C@H]1CCc2c(Br)cccc21. The predicted octanol–water partition coefficient (Wildman–Crippen LogP) is 4.72. The van der Waals surface area contributed by atoms with Crippen molar-refractivity contribution in [3.05, 3.63) is 33.8 Å². The minimum absolute atomic E-state index is 0.310. The highest BCUT2D eigenvalue weighted by Crippen LogP contribution is 2.40. The van der Waals surface area contributed by atoms with E-state index in [0.29, 0.717) is 11.1 Å². The van der Waals surface area contributed by atoms with E-state index in [2.05, 4.69) is 61.1 Å². The third kappa shape index (κ3) is 2.89. The average molecular weight is 327 g/mol. The van der Waals surface area contributed by atoms with Crippen molar-refractivity contribution in [3.63, 3.8) is 0 Å². The van der Waals surface area contributed by atoms with Crippen molar-refractivity contribution in [2.24, 2.45) is 0 Å². The van der Waals surface area contributed by atoms with Crippen LogP contribution in [-0.4, -0.2) is 15.4 Å². The van der Waals surface area contributed by atoms with Crippen LogP contribution in [0.2, 0.25) is 18.1 Å². The first-order valence-corrected chi connectivity index (χ1v) is 10.5. The first kappa shape index (κ1) is 14.3. The van der Waals surface area contributed by atoms with Crippen LogP contribution in [0, 0.1) is 0 Å². The Kier molecular flexibility index (Phi) is 4.35. The Morgan fingerprint density at radius 3 is 2.78 bits per heavy atom. The molecule has 0 saturated carbocycles. The predicted molar refractivity (Wildman–Crippen MR) is 84.1 cm³/mol. The fraction of sp³-hybridized carbons (Fsp3) is 0.600. The maximum Gasteiger partial charge on any atom is 0.0831 e. The van der Waals surface area contributed by atoms with Crippen LogP contribution in [0.4, 0.5) is 0 Å². The Morgan fingerprint density at radius 2 is 2.11 bits per heavy atom. The summed E-state index contributed by atoms with van der Waals surface area (Å²) in [6, 6.07) is 6.47. The van der Waals surface area contributed by atoms with Crippen LogP contribution >= 0.6 is 15.9 Å². The van der Waals surface area contributed by atoms with E-state index < -0.39 is 8.80 Å². The molecular formula is C15H23BrOSi. The van der Waals surface area contributed by atoms with Gasteiger partial charge in [0.05, 0.1) is 6.10 Å². The van der Waals surface area contributed by atoms with Gasteiger partial charge in [-0.15, -0.1) is 0 Å². The van der Waals surface area contributed by atoms with E-state index in [1.54, 1.807) is 0 Å². The second-order valence-corrected chi connectivity index (χ2v) is 11.0. The molecular weight excluding hydrogens is 304 g/mol. The Morgan fingerprint density at radius 1 is 1.39 bits per heavy atom. The summed E-state index contributed by atoms with van der Waals surface area (Å²) in [5, 5.41) is 0.384. The van der Waals surface area contributed by atoms with Gasteiger partial charge in [0.25, 0.3) is 0 Å². The van der Waals surface area contributed by atoms with Crippen molar-refractivity contribution in [3.8, 4) is 0 Å². The molecule has 3 heteroatoms. The van der Waals surface area contributed by atoms with Gasteiger partial charge in [-0.25, -0.2) is 0 Å². The molecule has 0 fully saturated rings. The van der Waals surface area contributed by atoms with Crippen LogP contribution in [-0.2, 0) is 11.2 Å². The lowest BCUT2D eigenvalue weighted by Crippen LogP contribution is -2.26. The normalized spacial score (nSPS) is 19.3. The Bertz CT molecular complexity index is 429. The van der Waals surface area contributed by atoms with Crippen LogP contribution < -0.4 is 0 Å². The number of hydrogen-bond donors (Lipinski definition) is 0. The lowest BCUT2D eigenvalue weighted by molar-refractivity contribution is 0.0391. The minimum Gasteiger partial charge on any atom is -0.373 e. The van der Waals surface area contributed by atoms with Gasteiger partial charge < -0.3 is 4.74 Å². The third-order valence-corrected chi connectivity index (χ3v) is 8.41. The summed E-state index contributed by atoms with van der Waals surface area (Å²) < 4.78 is 7.46. The summed E-state index contributed by atoms with van der Waals surface area (Å²) in [6.07, 6.45) is 2.58. The molecule has 18 heavy (non-hydrogen) atoms. The highest BCUT2D eigenvalue weighted by atomic mass is 79.9. The van der Waals surface area contributed by atoms with Gasteiger partial charge in [-0.05, 0) is 35.1 Å². The van der Waals surface area contributed by atoms with Crippen LogP contribution in [0.15, 0.2) is 22.7 Å². The zero-order chi connectivity index (χ0) is 13.3. The lowest BCUT2D eigenvalue weighted by atomic mass is 10.1. The molecule has 1 aromatic rings. The number of hydrogen-bond acceptors (Lipinski definition) is 1. The number of benzene rings is 1. The summed E-state index contributed by atoms with van der Waals surface area (Å²) in [5.41, 5.74) is 2.84. The summed E-state index contributed by atoms with van der Waals surface area (Å²) in [4.78, 5) is 0.